The fourth-order valence-electron chi connectivity index (χ4n) is 2.90. The maximum atomic E-state index is 12.3. The Hall–Kier alpha value is 0.280. The fraction of sp³-hybridized carbons (Fsp3) is 0.850. The van der Waals surface area contributed by atoms with Crippen LogP contribution in [0.25, 0.3) is 0 Å². The van der Waals surface area contributed by atoms with Crippen LogP contribution in [0.15, 0.2) is 0 Å². The predicted molar refractivity (Wildman–Crippen MR) is 110 cm³/mol. The molecule has 0 bridgehead atoms. The number of carboxylic acid groups (broad SMARTS) is 1. The first-order valence-corrected chi connectivity index (χ1v) is 12.2. The molecule has 0 fully saturated rings. The molecular formula is C20H35NNa2O9S. The van der Waals surface area contributed by atoms with Gasteiger partial charge in [-0.25, -0.2) is 13.2 Å². The molecule has 0 rings (SSSR count). The average Bonchev–Trinajstić information content (AvgIpc) is 2.69. The van der Waals surface area contributed by atoms with Crippen LogP contribution in [0, 0.1) is 0 Å². The Labute approximate surface area is 241 Å². The van der Waals surface area contributed by atoms with E-state index in [0.717, 1.165) is 19.3 Å². The summed E-state index contributed by atoms with van der Waals surface area (Å²) < 4.78 is 34.6. The van der Waals surface area contributed by atoms with Gasteiger partial charge in [0.25, 0.3) is 0 Å². The van der Waals surface area contributed by atoms with Crippen LogP contribution in [0.3, 0.4) is 0 Å². The number of rotatable bonds is 18. The third-order valence-electron chi connectivity index (χ3n) is 5.09. The zero-order valence-corrected chi connectivity index (χ0v) is 25.3. The van der Waals surface area contributed by atoms with Crippen molar-refractivity contribution in [1.82, 2.24) is 4.90 Å². The van der Waals surface area contributed by atoms with Gasteiger partial charge in [0.15, 0.2) is 4.75 Å². The average molecular weight is 512 g/mol. The van der Waals surface area contributed by atoms with Crippen molar-refractivity contribution in [2.75, 3.05) is 26.3 Å². The zero-order valence-electron chi connectivity index (χ0n) is 20.5. The second-order valence-corrected chi connectivity index (χ2v) is 9.32. The first-order valence-electron chi connectivity index (χ1n) is 10.7. The van der Waals surface area contributed by atoms with Crippen molar-refractivity contribution in [3.63, 3.8) is 0 Å². The third kappa shape index (κ3) is 14.4. The van der Waals surface area contributed by atoms with Gasteiger partial charge in [0.1, 0.15) is 16.7 Å². The van der Waals surface area contributed by atoms with Crippen LogP contribution in [0.1, 0.15) is 78.1 Å². The topological polar surface area (TPSA) is 164 Å². The predicted octanol–water partition coefficient (Wildman–Crippen LogP) is -5.67. The van der Waals surface area contributed by atoms with E-state index in [0.29, 0.717) is 13.3 Å². The monoisotopic (exact) mass is 511 g/mol. The zero-order chi connectivity index (χ0) is 23.9. The number of carbonyl (C=O) groups is 3. The molecule has 0 aromatic heterocycles. The Morgan fingerprint density at radius 3 is 1.85 bits per heavy atom. The summed E-state index contributed by atoms with van der Waals surface area (Å²) >= 11 is 0. The molecule has 10 nitrogen and oxygen atoms in total. The molecule has 13 heteroatoms. The van der Waals surface area contributed by atoms with Crippen molar-refractivity contribution in [3.05, 3.63) is 0 Å². The van der Waals surface area contributed by atoms with E-state index in [9.17, 15) is 32.5 Å². The van der Waals surface area contributed by atoms with Crippen molar-refractivity contribution in [1.29, 1.82) is 0 Å². The Morgan fingerprint density at radius 1 is 0.939 bits per heavy atom. The van der Waals surface area contributed by atoms with Gasteiger partial charge in [-0.2, -0.15) is 0 Å². The van der Waals surface area contributed by atoms with Crippen LogP contribution in [-0.2, 0) is 29.2 Å². The van der Waals surface area contributed by atoms with Gasteiger partial charge in [0.2, 0.25) is 5.91 Å². The number of amides is 1. The number of esters is 1. The molecule has 0 heterocycles. The number of carboxylic acids is 1. The summed E-state index contributed by atoms with van der Waals surface area (Å²) in [5, 5.41) is 20.1. The summed E-state index contributed by atoms with van der Waals surface area (Å²) in [5.41, 5.74) is 0. The van der Waals surface area contributed by atoms with E-state index in [1.807, 2.05) is 0 Å². The minimum Gasteiger partial charge on any atom is -0.747 e. The molecule has 1 amide bonds. The van der Waals surface area contributed by atoms with Crippen LogP contribution in [-0.4, -0.2) is 71.9 Å². The maximum Gasteiger partial charge on any atom is 1.00 e. The Kier molecular flexibility index (Phi) is 23.5. The van der Waals surface area contributed by atoms with Gasteiger partial charge in [0, 0.05) is 13.0 Å². The van der Waals surface area contributed by atoms with Gasteiger partial charge in [-0.1, -0.05) is 58.3 Å². The normalized spacial score (nSPS) is 12.6. The van der Waals surface area contributed by atoms with Gasteiger partial charge in [-0.05, 0) is 13.3 Å². The van der Waals surface area contributed by atoms with Crippen molar-refractivity contribution in [2.45, 2.75) is 82.8 Å². The number of carbonyl (C=O) groups excluding carboxylic acids is 3. The summed E-state index contributed by atoms with van der Waals surface area (Å²) in [6.07, 6.45) is 10.1. The van der Waals surface area contributed by atoms with Crippen LogP contribution < -0.4 is 64.2 Å². The van der Waals surface area contributed by atoms with Crippen molar-refractivity contribution in [2.24, 2.45) is 0 Å². The minimum absolute atomic E-state index is 0. The van der Waals surface area contributed by atoms with Gasteiger partial charge in [0.05, 0.1) is 19.1 Å². The van der Waals surface area contributed by atoms with E-state index in [-0.39, 0.29) is 91.1 Å². The van der Waals surface area contributed by atoms with Gasteiger partial charge in [-0.3, -0.25) is 4.79 Å². The molecule has 1 N–H and O–H groups in total. The molecule has 0 aliphatic carbocycles. The van der Waals surface area contributed by atoms with Gasteiger partial charge in [-0.15, -0.1) is 0 Å². The second kappa shape index (κ2) is 20.5. The van der Waals surface area contributed by atoms with Gasteiger partial charge < -0.3 is 29.2 Å². The second-order valence-electron chi connectivity index (χ2n) is 7.59. The van der Waals surface area contributed by atoms with Gasteiger partial charge >= 0.3 is 65.1 Å². The maximum absolute atomic E-state index is 12.3. The van der Waals surface area contributed by atoms with Crippen LogP contribution in [0.4, 0.5) is 0 Å². The molecule has 0 aliphatic rings. The summed E-state index contributed by atoms with van der Waals surface area (Å²) in [6.45, 7) is 1.51. The SMILES string of the molecule is CCCCCCCCCCCC(=O)N(CCO)CCOC(=O)C(C)(C(=O)[O-])S(=O)(=O)[O-].[Na+].[Na+]. The molecule has 0 radical (unpaired) electrons. The quantitative estimate of drug-likeness (QED) is 0.0621. The van der Waals surface area contributed by atoms with Crippen molar-refractivity contribution >= 4 is 28.0 Å². The van der Waals surface area contributed by atoms with Crippen LogP contribution in [0.2, 0.25) is 0 Å². The van der Waals surface area contributed by atoms with Crippen molar-refractivity contribution in [3.8, 4) is 0 Å². The molecule has 33 heavy (non-hydrogen) atoms. The summed E-state index contributed by atoms with van der Waals surface area (Å²) in [4.78, 5) is 36.4. The molecule has 0 spiro atoms. The fourth-order valence-corrected chi connectivity index (χ4v) is 3.37. The van der Waals surface area contributed by atoms with E-state index < -0.39 is 33.4 Å². The molecule has 1 atom stereocenters. The Balaban J connectivity index is -0.00000450. The molecule has 0 saturated heterocycles. The van der Waals surface area contributed by atoms with E-state index in [4.69, 9.17) is 5.11 Å². The molecule has 0 aliphatic heterocycles. The van der Waals surface area contributed by atoms with Crippen LogP contribution in [0.5, 0.6) is 0 Å². The van der Waals surface area contributed by atoms with E-state index in [2.05, 4.69) is 11.7 Å². The first kappa shape index (κ1) is 37.8. The Bertz CT molecular complexity index is 676. The molecule has 1 unspecified atom stereocenters. The minimum atomic E-state index is -5.57. The van der Waals surface area contributed by atoms with E-state index in [1.54, 1.807) is 0 Å². The number of nitrogens with zero attached hydrogens (tertiary/aromatic N) is 1. The number of hydrogen-bond acceptors (Lipinski definition) is 9. The smallest absolute Gasteiger partial charge is 0.747 e. The summed E-state index contributed by atoms with van der Waals surface area (Å²) in [7, 11) is -5.57. The van der Waals surface area contributed by atoms with Crippen molar-refractivity contribution < 1.29 is 101 Å². The number of ether oxygens (including phenoxy) is 1. The number of aliphatic carboxylic acids is 1. The molecule has 0 aromatic carbocycles. The number of aliphatic hydroxyl groups excluding tert-OH is 1. The van der Waals surface area contributed by atoms with Crippen LogP contribution >= 0.6 is 0 Å². The van der Waals surface area contributed by atoms with E-state index >= 15 is 0 Å². The Morgan fingerprint density at radius 2 is 1.42 bits per heavy atom. The first-order chi connectivity index (χ1) is 14.5. The largest absolute Gasteiger partial charge is 1.00 e. The van der Waals surface area contributed by atoms with E-state index in [1.165, 1.54) is 37.0 Å². The number of unbranched alkanes of at least 4 members (excludes halogenated alkanes) is 8. The summed E-state index contributed by atoms with van der Waals surface area (Å²) in [5.74, 6) is -4.44. The number of aliphatic hydroxyl groups is 1. The molecule has 0 saturated carbocycles. The molecule has 0 aromatic rings. The third-order valence-corrected chi connectivity index (χ3v) is 6.42. The molecule has 182 valence electrons. The number of hydrogen-bond donors (Lipinski definition) is 1. The summed E-state index contributed by atoms with van der Waals surface area (Å²) in [6, 6.07) is 0. The molecular weight excluding hydrogens is 476 g/mol. The standard InChI is InChI=1S/C20H37NO9S.2Na/c1-3-4-5-6-7-8-9-10-11-12-17(23)21(13-15-22)14-16-30-19(26)20(2,18(24)25)31(27,28)29;;/h22H,3-16H2,1-2H3,(H,24,25)(H,27,28,29);;/q;2*+1/p-2.